The second-order valence-corrected chi connectivity index (χ2v) is 4.98. The first-order valence-electron chi connectivity index (χ1n) is 7.43. The highest BCUT2D eigenvalue weighted by atomic mass is 35.5. The number of aromatic nitrogens is 1. The highest BCUT2D eigenvalue weighted by Crippen LogP contribution is 2.27. The molecule has 0 bridgehead atoms. The van der Waals surface area contributed by atoms with Gasteiger partial charge in [-0.1, -0.05) is 51.4 Å². The molecule has 0 saturated heterocycles. The smallest absolute Gasteiger partial charge is 0.0944 e. The SMILES string of the molecule is C=N/C(=C\SC)c1nc2c(Cl)cccc2cc1C.CC.CC. The number of para-hydroxylation sites is 1. The van der Waals surface area contributed by atoms with Gasteiger partial charge in [0, 0.05) is 5.39 Å². The normalized spacial score (nSPS) is 10.2. The Morgan fingerprint density at radius 3 is 2.45 bits per heavy atom. The Morgan fingerprint density at radius 1 is 1.27 bits per heavy atom. The van der Waals surface area contributed by atoms with Gasteiger partial charge in [0.2, 0.25) is 0 Å². The summed E-state index contributed by atoms with van der Waals surface area (Å²) in [5.74, 6) is 0. The molecule has 2 nitrogen and oxygen atoms in total. The van der Waals surface area contributed by atoms with E-state index in [2.05, 4.69) is 22.8 Å². The number of halogens is 1. The van der Waals surface area contributed by atoms with Gasteiger partial charge < -0.3 is 0 Å². The average Bonchev–Trinajstić information content (AvgIpc) is 2.56. The molecule has 0 fully saturated rings. The van der Waals surface area contributed by atoms with E-state index in [1.54, 1.807) is 11.8 Å². The van der Waals surface area contributed by atoms with Crippen molar-refractivity contribution < 1.29 is 0 Å². The molecule has 2 rings (SSSR count). The van der Waals surface area contributed by atoms with Gasteiger partial charge in [-0.2, -0.15) is 0 Å². The van der Waals surface area contributed by atoms with Crippen molar-refractivity contribution in [1.29, 1.82) is 0 Å². The number of hydrogen-bond donors (Lipinski definition) is 0. The summed E-state index contributed by atoms with van der Waals surface area (Å²) in [4.78, 5) is 8.65. The minimum Gasteiger partial charge on any atom is -0.262 e. The van der Waals surface area contributed by atoms with E-state index in [4.69, 9.17) is 11.6 Å². The summed E-state index contributed by atoms with van der Waals surface area (Å²) in [5.41, 5.74) is 3.48. The molecule has 4 heteroatoms. The zero-order valence-electron chi connectivity index (χ0n) is 14.3. The second-order valence-electron chi connectivity index (χ2n) is 3.86. The predicted octanol–water partition coefficient (Wildman–Crippen LogP) is 6.61. The van der Waals surface area contributed by atoms with Crippen LogP contribution >= 0.6 is 23.4 Å². The summed E-state index contributed by atoms with van der Waals surface area (Å²) in [6, 6.07) is 7.85. The van der Waals surface area contributed by atoms with Crippen molar-refractivity contribution in [3.8, 4) is 0 Å². The molecule has 0 N–H and O–H groups in total. The van der Waals surface area contributed by atoms with Gasteiger partial charge in [0.05, 0.1) is 21.9 Å². The zero-order valence-corrected chi connectivity index (χ0v) is 15.8. The van der Waals surface area contributed by atoms with Crippen molar-refractivity contribution in [2.75, 3.05) is 6.26 Å². The third-order valence-electron chi connectivity index (χ3n) is 2.63. The molecule has 2 aromatic rings. The highest BCUT2D eigenvalue weighted by Gasteiger charge is 2.09. The van der Waals surface area contributed by atoms with Crippen molar-refractivity contribution in [1.82, 2.24) is 4.98 Å². The Bertz CT molecular complexity index is 636. The molecule has 0 saturated carbocycles. The molecular formula is C18H25ClN2S. The van der Waals surface area contributed by atoms with Crippen LogP contribution in [0.4, 0.5) is 0 Å². The number of rotatable bonds is 3. The first-order chi connectivity index (χ1) is 10.7. The largest absolute Gasteiger partial charge is 0.262 e. The van der Waals surface area contributed by atoms with E-state index in [1.165, 1.54) is 0 Å². The topological polar surface area (TPSA) is 25.2 Å². The lowest BCUT2D eigenvalue weighted by Crippen LogP contribution is -1.93. The number of nitrogens with zero attached hydrogens (tertiary/aromatic N) is 2. The fourth-order valence-corrected chi connectivity index (χ4v) is 2.44. The summed E-state index contributed by atoms with van der Waals surface area (Å²) in [6.07, 6.45) is 1.98. The summed E-state index contributed by atoms with van der Waals surface area (Å²) < 4.78 is 0. The fraction of sp³-hybridized carbons (Fsp3) is 0.333. The highest BCUT2D eigenvalue weighted by molar-refractivity contribution is 8.01. The van der Waals surface area contributed by atoms with E-state index >= 15 is 0 Å². The summed E-state index contributed by atoms with van der Waals surface area (Å²) in [6.45, 7) is 13.6. The first-order valence-corrected chi connectivity index (χ1v) is 9.10. The van der Waals surface area contributed by atoms with Crippen LogP contribution in [0.15, 0.2) is 34.7 Å². The number of thioether (sulfide) groups is 1. The van der Waals surface area contributed by atoms with Crippen molar-refractivity contribution in [2.24, 2.45) is 4.99 Å². The first kappa shape index (κ1) is 20.7. The molecule has 1 heterocycles. The Hall–Kier alpha value is -1.32. The number of benzene rings is 1. The Kier molecular flexibility index (Phi) is 10.6. The van der Waals surface area contributed by atoms with Crippen LogP contribution in [0.25, 0.3) is 16.6 Å². The maximum absolute atomic E-state index is 6.17. The van der Waals surface area contributed by atoms with E-state index in [0.29, 0.717) is 5.02 Å². The van der Waals surface area contributed by atoms with Crippen LogP contribution < -0.4 is 0 Å². The molecule has 0 radical (unpaired) electrons. The van der Waals surface area contributed by atoms with Gasteiger partial charge in [-0.15, -0.1) is 11.8 Å². The number of pyridine rings is 1. The molecular weight excluding hydrogens is 312 g/mol. The molecule has 0 atom stereocenters. The number of aliphatic imine (C=N–C) groups is 1. The van der Waals surface area contributed by atoms with E-state index in [-0.39, 0.29) is 0 Å². The molecule has 1 aromatic carbocycles. The minimum atomic E-state index is 0.654. The molecule has 0 amide bonds. The van der Waals surface area contributed by atoms with Crippen molar-refractivity contribution in [2.45, 2.75) is 34.6 Å². The van der Waals surface area contributed by atoms with Crippen molar-refractivity contribution in [3.05, 3.63) is 46.0 Å². The third kappa shape index (κ3) is 5.15. The van der Waals surface area contributed by atoms with Crippen molar-refractivity contribution >= 4 is 46.7 Å². The minimum absolute atomic E-state index is 0.654. The van der Waals surface area contributed by atoms with Crippen LogP contribution in [0.2, 0.25) is 5.02 Å². The standard InChI is InChI=1S/C14H13ClN2S.2C2H6/c1-9-7-10-5-4-6-11(15)14(10)17-13(9)12(16-2)8-18-3;2*1-2/h4-8H,2H2,1,3H3;2*1-2H3/b12-8-;;. The van der Waals surface area contributed by atoms with Gasteiger partial charge in [-0.3, -0.25) is 4.99 Å². The van der Waals surface area contributed by atoms with Gasteiger partial charge in [0.1, 0.15) is 0 Å². The molecule has 0 unspecified atom stereocenters. The molecule has 22 heavy (non-hydrogen) atoms. The fourth-order valence-electron chi connectivity index (χ4n) is 1.81. The van der Waals surface area contributed by atoms with E-state index < -0.39 is 0 Å². The second kappa shape index (κ2) is 11.3. The van der Waals surface area contributed by atoms with Gasteiger partial charge >= 0.3 is 0 Å². The third-order valence-corrected chi connectivity index (χ3v) is 3.39. The van der Waals surface area contributed by atoms with Crippen LogP contribution in [-0.4, -0.2) is 18.0 Å². The van der Waals surface area contributed by atoms with Crippen molar-refractivity contribution in [3.63, 3.8) is 0 Å². The molecule has 0 aliphatic rings. The monoisotopic (exact) mass is 336 g/mol. The van der Waals surface area contributed by atoms with Crippen LogP contribution in [0, 0.1) is 6.92 Å². The summed E-state index contributed by atoms with van der Waals surface area (Å²) in [7, 11) is 0. The van der Waals surface area contributed by atoms with Gasteiger partial charge in [0.15, 0.2) is 0 Å². The van der Waals surface area contributed by atoms with Crippen LogP contribution in [0.5, 0.6) is 0 Å². The number of fused-ring (bicyclic) bond motifs is 1. The summed E-state index contributed by atoms with van der Waals surface area (Å²) in [5, 5.41) is 3.63. The Morgan fingerprint density at radius 2 is 1.91 bits per heavy atom. The lowest BCUT2D eigenvalue weighted by molar-refractivity contribution is 1.26. The lowest BCUT2D eigenvalue weighted by Gasteiger charge is -2.08. The maximum atomic E-state index is 6.17. The van der Waals surface area contributed by atoms with E-state index in [9.17, 15) is 0 Å². The molecule has 1 aromatic heterocycles. The quantitative estimate of drug-likeness (QED) is 0.589. The summed E-state index contributed by atoms with van der Waals surface area (Å²) >= 11 is 7.75. The van der Waals surface area contributed by atoms with Gasteiger partial charge in [0.25, 0.3) is 0 Å². The average molecular weight is 337 g/mol. The maximum Gasteiger partial charge on any atom is 0.0944 e. The van der Waals surface area contributed by atoms with E-state index in [1.807, 2.05) is 64.5 Å². The molecule has 0 aliphatic carbocycles. The molecule has 0 aliphatic heterocycles. The van der Waals surface area contributed by atoms with Gasteiger partial charge in [-0.05, 0) is 43.0 Å². The van der Waals surface area contributed by atoms with Crippen LogP contribution in [0.1, 0.15) is 39.0 Å². The van der Waals surface area contributed by atoms with Crippen LogP contribution in [0.3, 0.4) is 0 Å². The molecule has 0 spiro atoms. The molecule has 120 valence electrons. The number of aryl methyl sites for hydroxylation is 1. The van der Waals surface area contributed by atoms with Crippen LogP contribution in [-0.2, 0) is 0 Å². The number of hydrogen-bond acceptors (Lipinski definition) is 3. The lowest BCUT2D eigenvalue weighted by atomic mass is 10.1. The predicted molar refractivity (Wildman–Crippen MR) is 105 cm³/mol. The zero-order chi connectivity index (χ0) is 17.1. The Labute approximate surface area is 143 Å². The van der Waals surface area contributed by atoms with Gasteiger partial charge in [-0.25, -0.2) is 4.98 Å². The van der Waals surface area contributed by atoms with E-state index in [0.717, 1.165) is 27.9 Å². The Balaban J connectivity index is 0.00000102.